The van der Waals surface area contributed by atoms with Crippen molar-refractivity contribution in [1.82, 2.24) is 5.01 Å². The van der Waals surface area contributed by atoms with E-state index in [-0.39, 0.29) is 12.8 Å². The molecule has 0 saturated heterocycles. The maximum absolute atomic E-state index is 12.3. The van der Waals surface area contributed by atoms with Crippen molar-refractivity contribution in [3.63, 3.8) is 0 Å². The second kappa shape index (κ2) is 2.05. The Hall–Kier alpha value is -1.07. The molecule has 1 aliphatic heterocycles. The summed E-state index contributed by atoms with van der Waals surface area (Å²) in [5, 5.41) is 4.02. The van der Waals surface area contributed by atoms with Gasteiger partial charge in [0.15, 0.2) is 5.71 Å². The number of hydrazone groups is 1. The number of alkyl halides is 3. The average Bonchev–Trinajstić information content (AvgIpc) is 2.72. The lowest BCUT2D eigenvalue weighted by Gasteiger charge is -2.10. The van der Waals surface area contributed by atoms with Crippen LogP contribution in [0.5, 0.6) is 0 Å². The van der Waals surface area contributed by atoms with Gasteiger partial charge in [-0.1, -0.05) is 0 Å². The summed E-state index contributed by atoms with van der Waals surface area (Å²) >= 11 is 0. The minimum absolute atomic E-state index is 0.272. The fraction of sp³-hybridized carbons (Fsp3) is 0.714. The number of carbonyl (C=O) groups is 1. The first-order valence-electron chi connectivity index (χ1n) is 3.82. The lowest BCUT2D eigenvalue weighted by molar-refractivity contribution is -0.132. The number of halogens is 3. The number of hydrogen-bond acceptors (Lipinski definition) is 2. The largest absolute Gasteiger partial charge is 0.432 e. The molecule has 1 aliphatic carbocycles. The van der Waals surface area contributed by atoms with Crippen molar-refractivity contribution < 1.29 is 18.0 Å². The van der Waals surface area contributed by atoms with Crippen LogP contribution in [0.15, 0.2) is 5.10 Å². The Bertz CT molecular complexity index is 303. The summed E-state index contributed by atoms with van der Waals surface area (Å²) in [6, 6.07) is 0. The summed E-state index contributed by atoms with van der Waals surface area (Å²) in [5.74, 6) is -0.528. The summed E-state index contributed by atoms with van der Waals surface area (Å²) in [4.78, 5) is 11.3. The summed E-state index contributed by atoms with van der Waals surface area (Å²) in [7, 11) is 1.25. The van der Waals surface area contributed by atoms with Gasteiger partial charge in [0.05, 0.1) is 0 Å². The van der Waals surface area contributed by atoms with Crippen molar-refractivity contribution in [2.75, 3.05) is 7.05 Å². The molecule has 2 rings (SSSR count). The van der Waals surface area contributed by atoms with Crippen LogP contribution >= 0.6 is 0 Å². The van der Waals surface area contributed by atoms with Crippen LogP contribution in [0.1, 0.15) is 12.8 Å². The van der Waals surface area contributed by atoms with E-state index in [0.29, 0.717) is 0 Å². The molecule has 1 saturated carbocycles. The topological polar surface area (TPSA) is 32.7 Å². The highest BCUT2D eigenvalue weighted by atomic mass is 19.4. The molecule has 0 bridgehead atoms. The second-order valence-electron chi connectivity index (χ2n) is 3.36. The molecule has 0 atom stereocenters. The Kier molecular flexibility index (Phi) is 1.34. The minimum atomic E-state index is -4.48. The molecule has 72 valence electrons. The molecule has 0 aromatic carbocycles. The zero-order valence-corrected chi connectivity index (χ0v) is 6.85. The fourth-order valence-corrected chi connectivity index (χ4v) is 1.61. The Morgan fingerprint density at radius 3 is 2.31 bits per heavy atom. The first-order valence-corrected chi connectivity index (χ1v) is 3.82. The molecule has 0 unspecified atom stereocenters. The highest BCUT2D eigenvalue weighted by Gasteiger charge is 2.66. The van der Waals surface area contributed by atoms with Gasteiger partial charge in [0.1, 0.15) is 5.41 Å². The van der Waals surface area contributed by atoms with E-state index in [4.69, 9.17) is 0 Å². The smallest absolute Gasteiger partial charge is 0.272 e. The van der Waals surface area contributed by atoms with E-state index in [1.165, 1.54) is 7.05 Å². The van der Waals surface area contributed by atoms with Gasteiger partial charge in [0.25, 0.3) is 5.91 Å². The van der Waals surface area contributed by atoms with Crippen molar-refractivity contribution in [1.29, 1.82) is 0 Å². The monoisotopic (exact) mass is 192 g/mol. The number of nitrogens with zero attached hydrogens (tertiary/aromatic N) is 2. The zero-order chi connectivity index (χ0) is 9.85. The molecule has 0 radical (unpaired) electrons. The lowest BCUT2D eigenvalue weighted by Crippen LogP contribution is -2.34. The first kappa shape index (κ1) is 8.52. The van der Waals surface area contributed by atoms with Crippen molar-refractivity contribution >= 4 is 11.6 Å². The Balaban J connectivity index is 2.40. The summed E-state index contributed by atoms with van der Waals surface area (Å²) in [5.41, 5.74) is -2.24. The number of rotatable bonds is 0. The predicted octanol–water partition coefficient (Wildman–Crippen LogP) is 1.16. The van der Waals surface area contributed by atoms with E-state index in [2.05, 4.69) is 5.10 Å². The van der Waals surface area contributed by atoms with E-state index in [1.807, 2.05) is 0 Å². The zero-order valence-electron chi connectivity index (χ0n) is 6.85. The van der Waals surface area contributed by atoms with Crippen LogP contribution in [0.25, 0.3) is 0 Å². The third-order valence-electron chi connectivity index (χ3n) is 2.43. The minimum Gasteiger partial charge on any atom is -0.272 e. The van der Waals surface area contributed by atoms with Gasteiger partial charge in [-0.25, -0.2) is 5.01 Å². The molecule has 2 aliphatic rings. The molecule has 1 amide bonds. The van der Waals surface area contributed by atoms with Crippen LogP contribution in [-0.4, -0.2) is 29.9 Å². The third kappa shape index (κ3) is 0.973. The molecule has 0 aromatic heterocycles. The highest BCUT2D eigenvalue weighted by molar-refractivity contribution is 6.16. The Morgan fingerprint density at radius 1 is 1.46 bits per heavy atom. The second-order valence-corrected chi connectivity index (χ2v) is 3.36. The van der Waals surface area contributed by atoms with Gasteiger partial charge < -0.3 is 0 Å². The van der Waals surface area contributed by atoms with Gasteiger partial charge in [-0.3, -0.25) is 4.79 Å². The van der Waals surface area contributed by atoms with E-state index < -0.39 is 23.2 Å². The van der Waals surface area contributed by atoms with Crippen LogP contribution in [0.3, 0.4) is 0 Å². The molecule has 1 fully saturated rings. The molecule has 13 heavy (non-hydrogen) atoms. The number of hydrogen-bond donors (Lipinski definition) is 0. The molecule has 0 N–H and O–H groups in total. The van der Waals surface area contributed by atoms with Crippen LogP contribution < -0.4 is 0 Å². The molecular formula is C7H7F3N2O. The Labute approximate surface area is 72.2 Å². The van der Waals surface area contributed by atoms with E-state index in [0.717, 1.165) is 5.01 Å². The summed E-state index contributed by atoms with van der Waals surface area (Å²) in [6.07, 6.45) is -3.93. The van der Waals surface area contributed by atoms with Crippen molar-refractivity contribution in [3.05, 3.63) is 0 Å². The van der Waals surface area contributed by atoms with Crippen LogP contribution in [0, 0.1) is 5.41 Å². The molecule has 6 heteroatoms. The SMILES string of the molecule is CN1N=C(C(F)(F)F)C2(CC2)C1=O. The quantitative estimate of drug-likeness (QED) is 0.566. The summed E-state index contributed by atoms with van der Waals surface area (Å²) in [6.45, 7) is 0. The lowest BCUT2D eigenvalue weighted by atomic mass is 10.0. The number of carbonyl (C=O) groups excluding carboxylic acids is 1. The van der Waals surface area contributed by atoms with Crippen LogP contribution in [0.2, 0.25) is 0 Å². The average molecular weight is 192 g/mol. The van der Waals surface area contributed by atoms with Gasteiger partial charge in [0, 0.05) is 7.05 Å². The fourth-order valence-electron chi connectivity index (χ4n) is 1.61. The van der Waals surface area contributed by atoms with Crippen molar-refractivity contribution in [2.24, 2.45) is 10.5 Å². The third-order valence-corrected chi connectivity index (χ3v) is 2.43. The van der Waals surface area contributed by atoms with E-state index >= 15 is 0 Å². The van der Waals surface area contributed by atoms with Gasteiger partial charge in [-0.05, 0) is 12.8 Å². The summed E-state index contributed by atoms with van der Waals surface area (Å²) < 4.78 is 37.0. The van der Waals surface area contributed by atoms with E-state index in [1.54, 1.807) is 0 Å². The normalized spacial score (nSPS) is 25.4. The molecular weight excluding hydrogens is 185 g/mol. The maximum atomic E-state index is 12.3. The van der Waals surface area contributed by atoms with Gasteiger partial charge in [-0.2, -0.15) is 18.3 Å². The van der Waals surface area contributed by atoms with Crippen LogP contribution in [-0.2, 0) is 4.79 Å². The van der Waals surface area contributed by atoms with Gasteiger partial charge in [0.2, 0.25) is 0 Å². The van der Waals surface area contributed by atoms with Gasteiger partial charge >= 0.3 is 6.18 Å². The van der Waals surface area contributed by atoms with Crippen LogP contribution in [0.4, 0.5) is 13.2 Å². The molecule has 1 heterocycles. The molecule has 1 spiro atoms. The molecule has 3 nitrogen and oxygen atoms in total. The first-order chi connectivity index (χ1) is 5.88. The number of amides is 1. The maximum Gasteiger partial charge on any atom is 0.432 e. The highest BCUT2D eigenvalue weighted by Crippen LogP contribution is 2.54. The Morgan fingerprint density at radius 2 is 2.00 bits per heavy atom. The standard InChI is InChI=1S/C7H7F3N2O/c1-12-5(13)6(2-3-6)4(11-12)7(8,9)10/h2-3H2,1H3. The predicted molar refractivity (Wildman–Crippen MR) is 37.9 cm³/mol. The van der Waals surface area contributed by atoms with Gasteiger partial charge in [-0.15, -0.1) is 0 Å². The van der Waals surface area contributed by atoms with E-state index in [9.17, 15) is 18.0 Å². The van der Waals surface area contributed by atoms with Crippen molar-refractivity contribution in [2.45, 2.75) is 19.0 Å². The van der Waals surface area contributed by atoms with Crippen molar-refractivity contribution in [3.8, 4) is 0 Å². The molecule has 0 aromatic rings.